The molecule has 1 aromatic carbocycles. The molecule has 18 heavy (non-hydrogen) atoms. The molecule has 100 valence electrons. The highest BCUT2D eigenvalue weighted by atomic mass is 16.5. The van der Waals surface area contributed by atoms with Crippen LogP contribution in [0.25, 0.3) is 0 Å². The Morgan fingerprint density at radius 3 is 2.56 bits per heavy atom. The lowest BCUT2D eigenvalue weighted by atomic mass is 10.1. The van der Waals surface area contributed by atoms with Crippen LogP contribution in [0.1, 0.15) is 29.8 Å². The van der Waals surface area contributed by atoms with Gasteiger partial charge in [0.25, 0.3) is 0 Å². The molecule has 1 aromatic rings. The smallest absolute Gasteiger partial charge is 0.159 e. The van der Waals surface area contributed by atoms with E-state index in [-0.39, 0.29) is 5.78 Å². The number of carbonyl (C=O) groups excluding carboxylic acids is 1. The number of methoxy groups -OCH3 is 1. The maximum atomic E-state index is 11.3. The Bertz CT molecular complexity index is 387. The van der Waals surface area contributed by atoms with Crippen LogP contribution >= 0.6 is 0 Å². The molecular weight excluding hydrogens is 232 g/mol. The van der Waals surface area contributed by atoms with Crippen LogP contribution in [0.2, 0.25) is 0 Å². The van der Waals surface area contributed by atoms with E-state index < -0.39 is 0 Å². The predicted molar refractivity (Wildman–Crippen MR) is 69.1 cm³/mol. The van der Waals surface area contributed by atoms with Gasteiger partial charge in [-0.2, -0.15) is 0 Å². The summed E-state index contributed by atoms with van der Waals surface area (Å²) >= 11 is 0. The fraction of sp³-hybridized carbons (Fsp3) is 0.500. The molecule has 0 amide bonds. The Hall–Kier alpha value is -1.39. The number of hydrogen-bond acceptors (Lipinski definition) is 4. The number of carbonyl (C=O) groups is 1. The van der Waals surface area contributed by atoms with E-state index >= 15 is 0 Å². The molecule has 0 aliphatic heterocycles. The largest absolute Gasteiger partial charge is 0.496 e. The van der Waals surface area contributed by atoms with Crippen molar-refractivity contribution in [2.45, 2.75) is 20.5 Å². The minimum absolute atomic E-state index is 0.0354. The van der Waals surface area contributed by atoms with Gasteiger partial charge in [-0.1, -0.05) is 0 Å². The van der Waals surface area contributed by atoms with Gasteiger partial charge in [-0.3, -0.25) is 4.79 Å². The van der Waals surface area contributed by atoms with Gasteiger partial charge in [-0.25, -0.2) is 0 Å². The van der Waals surface area contributed by atoms with Gasteiger partial charge < -0.3 is 14.2 Å². The summed E-state index contributed by atoms with van der Waals surface area (Å²) in [6.07, 6.45) is 0. The average molecular weight is 252 g/mol. The first-order valence-corrected chi connectivity index (χ1v) is 6.02. The number of Topliss-reactive ketones (excluding diaryl/α,β-unsaturated/α-hetero) is 1. The summed E-state index contributed by atoms with van der Waals surface area (Å²) in [5.74, 6) is 0.768. The average Bonchev–Trinajstić information content (AvgIpc) is 2.38. The molecule has 0 atom stereocenters. The summed E-state index contributed by atoms with van der Waals surface area (Å²) in [7, 11) is 1.60. The van der Waals surface area contributed by atoms with Gasteiger partial charge in [0.2, 0.25) is 0 Å². The molecule has 0 spiro atoms. The minimum Gasteiger partial charge on any atom is -0.496 e. The lowest BCUT2D eigenvalue weighted by Crippen LogP contribution is -2.05. The number of rotatable bonds is 8. The summed E-state index contributed by atoms with van der Waals surface area (Å²) < 4.78 is 15.9. The van der Waals surface area contributed by atoms with Gasteiger partial charge >= 0.3 is 0 Å². The van der Waals surface area contributed by atoms with Crippen molar-refractivity contribution in [3.63, 3.8) is 0 Å². The molecule has 0 aliphatic rings. The molecule has 0 saturated heterocycles. The molecule has 0 N–H and O–H groups in total. The first-order chi connectivity index (χ1) is 8.69. The van der Waals surface area contributed by atoms with Crippen molar-refractivity contribution in [3.05, 3.63) is 29.3 Å². The molecule has 0 aromatic heterocycles. The number of ether oxygens (including phenoxy) is 3. The summed E-state index contributed by atoms with van der Waals surface area (Å²) in [5.41, 5.74) is 1.54. The van der Waals surface area contributed by atoms with Crippen LogP contribution in [-0.2, 0) is 16.1 Å². The van der Waals surface area contributed by atoms with Crippen LogP contribution in [0.5, 0.6) is 5.75 Å². The second-order valence-corrected chi connectivity index (χ2v) is 3.83. The van der Waals surface area contributed by atoms with Crippen LogP contribution in [0.15, 0.2) is 18.2 Å². The molecule has 0 unspecified atom stereocenters. The fourth-order valence-electron chi connectivity index (χ4n) is 1.55. The van der Waals surface area contributed by atoms with E-state index in [1.807, 2.05) is 13.0 Å². The maximum Gasteiger partial charge on any atom is 0.159 e. The summed E-state index contributed by atoms with van der Waals surface area (Å²) in [6, 6.07) is 5.35. The molecule has 0 saturated carbocycles. The Labute approximate surface area is 108 Å². The summed E-state index contributed by atoms with van der Waals surface area (Å²) in [5, 5.41) is 0. The van der Waals surface area contributed by atoms with E-state index in [0.717, 1.165) is 11.3 Å². The van der Waals surface area contributed by atoms with E-state index in [0.29, 0.717) is 32.0 Å². The zero-order chi connectivity index (χ0) is 13.4. The third kappa shape index (κ3) is 4.47. The number of ketones is 1. The summed E-state index contributed by atoms with van der Waals surface area (Å²) in [6.45, 7) is 5.69. The van der Waals surface area contributed by atoms with Crippen molar-refractivity contribution < 1.29 is 19.0 Å². The second-order valence-electron chi connectivity index (χ2n) is 3.83. The van der Waals surface area contributed by atoms with Gasteiger partial charge in [0.1, 0.15) is 5.75 Å². The van der Waals surface area contributed by atoms with Crippen LogP contribution in [0, 0.1) is 0 Å². The highest BCUT2D eigenvalue weighted by molar-refractivity contribution is 5.94. The van der Waals surface area contributed by atoms with Crippen LogP contribution in [0.4, 0.5) is 0 Å². The topological polar surface area (TPSA) is 44.8 Å². The molecule has 1 rings (SSSR count). The molecular formula is C14H20O4. The van der Waals surface area contributed by atoms with Gasteiger partial charge in [0.05, 0.1) is 26.9 Å². The van der Waals surface area contributed by atoms with E-state index in [4.69, 9.17) is 14.2 Å². The SMILES string of the molecule is CCOCCOCc1cc(C(C)=O)ccc1OC. The Morgan fingerprint density at radius 1 is 1.22 bits per heavy atom. The zero-order valence-corrected chi connectivity index (χ0v) is 11.2. The van der Waals surface area contributed by atoms with Crippen molar-refractivity contribution in [3.8, 4) is 5.75 Å². The van der Waals surface area contributed by atoms with Gasteiger partial charge in [-0.05, 0) is 32.0 Å². The molecule has 0 fully saturated rings. The highest BCUT2D eigenvalue weighted by Crippen LogP contribution is 2.21. The second kappa shape index (κ2) is 7.84. The monoisotopic (exact) mass is 252 g/mol. The quantitative estimate of drug-likeness (QED) is 0.526. The van der Waals surface area contributed by atoms with E-state index in [1.54, 1.807) is 26.2 Å². The Balaban J connectivity index is 2.61. The minimum atomic E-state index is 0.0354. The normalized spacial score (nSPS) is 10.4. The molecule has 4 nitrogen and oxygen atoms in total. The first kappa shape index (κ1) is 14.7. The lowest BCUT2D eigenvalue weighted by molar-refractivity contribution is 0.0446. The summed E-state index contributed by atoms with van der Waals surface area (Å²) in [4.78, 5) is 11.3. The number of hydrogen-bond donors (Lipinski definition) is 0. The molecule has 0 bridgehead atoms. The van der Waals surface area contributed by atoms with E-state index in [9.17, 15) is 4.79 Å². The van der Waals surface area contributed by atoms with Crippen molar-refractivity contribution in [1.82, 2.24) is 0 Å². The van der Waals surface area contributed by atoms with Gasteiger partial charge in [0.15, 0.2) is 5.78 Å². The zero-order valence-electron chi connectivity index (χ0n) is 11.2. The highest BCUT2D eigenvalue weighted by Gasteiger charge is 2.07. The molecule has 0 aliphatic carbocycles. The molecule has 4 heteroatoms. The van der Waals surface area contributed by atoms with E-state index in [2.05, 4.69) is 0 Å². The van der Waals surface area contributed by atoms with Gasteiger partial charge in [0, 0.05) is 17.7 Å². The predicted octanol–water partition coefficient (Wildman–Crippen LogP) is 2.45. The van der Waals surface area contributed by atoms with Gasteiger partial charge in [-0.15, -0.1) is 0 Å². The lowest BCUT2D eigenvalue weighted by Gasteiger charge is -2.10. The van der Waals surface area contributed by atoms with Crippen molar-refractivity contribution >= 4 is 5.78 Å². The van der Waals surface area contributed by atoms with Crippen LogP contribution in [0.3, 0.4) is 0 Å². The molecule has 0 radical (unpaired) electrons. The third-order valence-corrected chi connectivity index (χ3v) is 2.52. The third-order valence-electron chi connectivity index (χ3n) is 2.52. The van der Waals surface area contributed by atoms with Crippen LogP contribution in [-0.4, -0.2) is 32.7 Å². The van der Waals surface area contributed by atoms with Crippen molar-refractivity contribution in [2.75, 3.05) is 26.9 Å². The first-order valence-electron chi connectivity index (χ1n) is 6.02. The number of benzene rings is 1. The standard InChI is InChI=1S/C14H20O4/c1-4-17-7-8-18-10-13-9-12(11(2)15)5-6-14(13)16-3/h5-6,9H,4,7-8,10H2,1-3H3. The maximum absolute atomic E-state index is 11.3. The Morgan fingerprint density at radius 2 is 1.94 bits per heavy atom. The molecule has 0 heterocycles. The van der Waals surface area contributed by atoms with Crippen LogP contribution < -0.4 is 4.74 Å². The van der Waals surface area contributed by atoms with Crippen molar-refractivity contribution in [1.29, 1.82) is 0 Å². The van der Waals surface area contributed by atoms with E-state index in [1.165, 1.54) is 0 Å². The fourth-order valence-corrected chi connectivity index (χ4v) is 1.55. The Kier molecular flexibility index (Phi) is 6.39. The van der Waals surface area contributed by atoms with Crippen molar-refractivity contribution in [2.24, 2.45) is 0 Å².